The van der Waals surface area contributed by atoms with Gasteiger partial charge in [0, 0.05) is 19.2 Å². The maximum atomic E-state index is 12.2. The molecule has 1 unspecified atom stereocenters. The molecular weight excluding hydrogens is 318 g/mol. The second kappa shape index (κ2) is 8.16. The molecule has 0 saturated carbocycles. The summed E-state index contributed by atoms with van der Waals surface area (Å²) in [4.78, 5) is 24.7. The number of carbonyl (C=O) groups is 2. The molecule has 1 aromatic rings. The lowest BCUT2D eigenvalue weighted by Gasteiger charge is -2.28. The monoisotopic (exact) mass is 343 g/mol. The SMILES string of the molecule is O=C(O)C=Cc1ccc(C2CNC(=O)N2CCC2CCNCC2)cc1. The third-order valence-corrected chi connectivity index (χ3v) is 5.06. The first-order valence-corrected chi connectivity index (χ1v) is 8.89. The van der Waals surface area contributed by atoms with Gasteiger partial charge in [0.2, 0.25) is 0 Å². The van der Waals surface area contributed by atoms with Crippen LogP contribution in [0.1, 0.15) is 36.4 Å². The summed E-state index contributed by atoms with van der Waals surface area (Å²) >= 11 is 0. The molecule has 2 aliphatic heterocycles. The fourth-order valence-electron chi connectivity index (χ4n) is 3.58. The van der Waals surface area contributed by atoms with E-state index in [2.05, 4.69) is 10.6 Å². The predicted molar refractivity (Wildman–Crippen MR) is 96.2 cm³/mol. The van der Waals surface area contributed by atoms with Gasteiger partial charge in [-0.2, -0.15) is 0 Å². The van der Waals surface area contributed by atoms with E-state index in [0.717, 1.165) is 43.3 Å². The molecule has 2 saturated heterocycles. The lowest BCUT2D eigenvalue weighted by atomic mass is 9.94. The molecule has 2 amide bonds. The molecule has 2 heterocycles. The van der Waals surface area contributed by atoms with Crippen molar-refractivity contribution in [3.8, 4) is 0 Å². The normalized spacial score (nSPS) is 21.7. The molecule has 6 heteroatoms. The average molecular weight is 343 g/mol. The Morgan fingerprint density at radius 1 is 1.24 bits per heavy atom. The number of hydrogen-bond donors (Lipinski definition) is 3. The van der Waals surface area contributed by atoms with Gasteiger partial charge in [-0.1, -0.05) is 24.3 Å². The van der Waals surface area contributed by atoms with Crippen LogP contribution in [-0.4, -0.2) is 48.2 Å². The summed E-state index contributed by atoms with van der Waals surface area (Å²) in [7, 11) is 0. The zero-order valence-corrected chi connectivity index (χ0v) is 14.3. The third-order valence-electron chi connectivity index (χ3n) is 5.06. The minimum atomic E-state index is -0.959. The maximum Gasteiger partial charge on any atom is 0.328 e. The number of hydrogen-bond acceptors (Lipinski definition) is 3. The van der Waals surface area contributed by atoms with E-state index in [9.17, 15) is 9.59 Å². The van der Waals surface area contributed by atoms with Crippen LogP contribution in [0.2, 0.25) is 0 Å². The largest absolute Gasteiger partial charge is 0.478 e. The number of nitrogens with one attached hydrogen (secondary N) is 2. The Morgan fingerprint density at radius 2 is 1.96 bits per heavy atom. The van der Waals surface area contributed by atoms with Gasteiger partial charge in [0.25, 0.3) is 0 Å². The maximum absolute atomic E-state index is 12.2. The number of carboxylic acids is 1. The van der Waals surface area contributed by atoms with E-state index in [4.69, 9.17) is 5.11 Å². The number of nitrogens with zero attached hydrogens (tertiary/aromatic N) is 1. The Bertz CT molecular complexity index is 636. The summed E-state index contributed by atoms with van der Waals surface area (Å²) in [5.41, 5.74) is 1.92. The van der Waals surface area contributed by atoms with Crippen molar-refractivity contribution >= 4 is 18.1 Å². The Labute approximate surface area is 147 Å². The Hall–Kier alpha value is -2.34. The van der Waals surface area contributed by atoms with Gasteiger partial charge in [-0.25, -0.2) is 9.59 Å². The molecular formula is C19H25N3O3. The number of carbonyl (C=O) groups excluding carboxylic acids is 1. The van der Waals surface area contributed by atoms with Gasteiger partial charge in [0.15, 0.2) is 0 Å². The standard InChI is InChI=1S/C19H25N3O3/c23-18(24)6-3-14-1-4-16(5-2-14)17-13-21-19(25)22(17)12-9-15-7-10-20-11-8-15/h1-6,15,17,20H,7-13H2,(H,21,25)(H,23,24). The highest BCUT2D eigenvalue weighted by Gasteiger charge is 2.32. The first kappa shape index (κ1) is 17.5. The van der Waals surface area contributed by atoms with Crippen molar-refractivity contribution in [3.05, 3.63) is 41.5 Å². The number of urea groups is 1. The Kier molecular flexibility index (Phi) is 5.71. The van der Waals surface area contributed by atoms with Crippen molar-refractivity contribution in [2.75, 3.05) is 26.2 Å². The van der Waals surface area contributed by atoms with Crippen LogP contribution in [0.15, 0.2) is 30.3 Å². The Morgan fingerprint density at radius 3 is 2.64 bits per heavy atom. The summed E-state index contributed by atoms with van der Waals surface area (Å²) in [5, 5.41) is 15.0. The van der Waals surface area contributed by atoms with Crippen molar-refractivity contribution in [2.45, 2.75) is 25.3 Å². The lowest BCUT2D eigenvalue weighted by molar-refractivity contribution is -0.131. The van der Waals surface area contributed by atoms with Crippen LogP contribution in [0.5, 0.6) is 0 Å². The molecule has 0 spiro atoms. The minimum Gasteiger partial charge on any atom is -0.478 e. The van der Waals surface area contributed by atoms with E-state index >= 15 is 0 Å². The quantitative estimate of drug-likeness (QED) is 0.692. The van der Waals surface area contributed by atoms with Crippen LogP contribution in [0.3, 0.4) is 0 Å². The van der Waals surface area contributed by atoms with Crippen LogP contribution in [-0.2, 0) is 4.79 Å². The highest BCUT2D eigenvalue weighted by Crippen LogP contribution is 2.27. The van der Waals surface area contributed by atoms with E-state index in [0.29, 0.717) is 12.5 Å². The molecule has 1 atom stereocenters. The van der Waals surface area contributed by atoms with Crippen molar-refractivity contribution in [3.63, 3.8) is 0 Å². The van der Waals surface area contributed by atoms with Gasteiger partial charge in [0.1, 0.15) is 0 Å². The van der Waals surface area contributed by atoms with Crippen LogP contribution in [0, 0.1) is 5.92 Å². The molecule has 2 aliphatic rings. The van der Waals surface area contributed by atoms with Gasteiger partial charge in [-0.3, -0.25) is 0 Å². The first-order valence-electron chi connectivity index (χ1n) is 8.89. The van der Waals surface area contributed by atoms with Crippen LogP contribution >= 0.6 is 0 Å². The lowest BCUT2D eigenvalue weighted by Crippen LogP contribution is -2.34. The molecule has 25 heavy (non-hydrogen) atoms. The number of rotatable bonds is 6. The smallest absolute Gasteiger partial charge is 0.328 e. The van der Waals surface area contributed by atoms with E-state index in [1.165, 1.54) is 12.8 Å². The summed E-state index contributed by atoms with van der Waals surface area (Å²) in [5.74, 6) is -0.266. The molecule has 1 aromatic carbocycles. The second-order valence-corrected chi connectivity index (χ2v) is 6.72. The summed E-state index contributed by atoms with van der Waals surface area (Å²) in [6.07, 6.45) is 6.11. The molecule has 2 fully saturated rings. The highest BCUT2D eigenvalue weighted by molar-refractivity contribution is 5.85. The predicted octanol–water partition coefficient (Wildman–Crippen LogP) is 2.24. The zero-order valence-electron chi connectivity index (χ0n) is 14.3. The van der Waals surface area contributed by atoms with Crippen LogP contribution < -0.4 is 10.6 Å². The first-order chi connectivity index (χ1) is 12.1. The molecule has 134 valence electrons. The Balaban J connectivity index is 1.63. The fourth-order valence-corrected chi connectivity index (χ4v) is 3.58. The van der Waals surface area contributed by atoms with Gasteiger partial charge in [-0.05, 0) is 55.5 Å². The highest BCUT2D eigenvalue weighted by atomic mass is 16.4. The fraction of sp³-hybridized carbons (Fsp3) is 0.474. The average Bonchev–Trinajstić information content (AvgIpc) is 3.00. The number of amides is 2. The van der Waals surface area contributed by atoms with Gasteiger partial charge < -0.3 is 20.6 Å². The molecule has 3 rings (SSSR count). The van der Waals surface area contributed by atoms with E-state index in [1.807, 2.05) is 29.2 Å². The number of aliphatic carboxylic acids is 1. The number of carboxylic acid groups (broad SMARTS) is 1. The topological polar surface area (TPSA) is 81.7 Å². The number of benzene rings is 1. The molecule has 6 nitrogen and oxygen atoms in total. The summed E-state index contributed by atoms with van der Waals surface area (Å²) in [6, 6.07) is 7.79. The third kappa shape index (κ3) is 4.60. The summed E-state index contributed by atoms with van der Waals surface area (Å²) < 4.78 is 0. The van der Waals surface area contributed by atoms with E-state index in [1.54, 1.807) is 6.08 Å². The molecule has 0 aliphatic carbocycles. The molecule has 0 bridgehead atoms. The van der Waals surface area contributed by atoms with E-state index in [-0.39, 0.29) is 12.1 Å². The van der Waals surface area contributed by atoms with Gasteiger partial charge in [0.05, 0.1) is 6.04 Å². The van der Waals surface area contributed by atoms with Crippen LogP contribution in [0.25, 0.3) is 6.08 Å². The van der Waals surface area contributed by atoms with Crippen molar-refractivity contribution in [1.29, 1.82) is 0 Å². The van der Waals surface area contributed by atoms with Crippen LogP contribution in [0.4, 0.5) is 4.79 Å². The molecule has 3 N–H and O–H groups in total. The van der Waals surface area contributed by atoms with E-state index < -0.39 is 5.97 Å². The van der Waals surface area contributed by atoms with Gasteiger partial charge in [-0.15, -0.1) is 0 Å². The second-order valence-electron chi connectivity index (χ2n) is 6.72. The minimum absolute atomic E-state index is 0.00813. The van der Waals surface area contributed by atoms with Gasteiger partial charge >= 0.3 is 12.0 Å². The van der Waals surface area contributed by atoms with Crippen molar-refractivity contribution < 1.29 is 14.7 Å². The zero-order chi connectivity index (χ0) is 17.6. The summed E-state index contributed by atoms with van der Waals surface area (Å²) in [6.45, 7) is 3.55. The molecule has 0 radical (unpaired) electrons. The van der Waals surface area contributed by atoms with Crippen molar-refractivity contribution in [1.82, 2.24) is 15.5 Å². The molecule has 0 aromatic heterocycles. The van der Waals surface area contributed by atoms with Crippen molar-refractivity contribution in [2.24, 2.45) is 5.92 Å². The number of piperidine rings is 1.